The molecule has 3 rings (SSSR count). The van der Waals surface area contributed by atoms with E-state index in [2.05, 4.69) is 66.3 Å². The molecule has 0 saturated heterocycles. The number of hydrogen-bond donors (Lipinski definition) is 4. The summed E-state index contributed by atoms with van der Waals surface area (Å²) in [5, 5.41) is 19.9. The van der Waals surface area contributed by atoms with Crippen LogP contribution in [0, 0.1) is 3.57 Å². The van der Waals surface area contributed by atoms with Gasteiger partial charge >= 0.3 is 12.0 Å². The molecule has 13 heteroatoms. The zero-order valence-corrected chi connectivity index (χ0v) is 25.9. The molecule has 0 fully saturated rings. The first-order valence-corrected chi connectivity index (χ1v) is 14.0. The largest absolute Gasteiger partial charge is 0.490 e. The van der Waals surface area contributed by atoms with E-state index in [0.717, 1.165) is 8.04 Å². The van der Waals surface area contributed by atoms with Gasteiger partial charge in [-0.25, -0.2) is 9.59 Å². The molecular formula is C27H30BrIN4O7. The Labute approximate surface area is 254 Å². The highest BCUT2D eigenvalue weighted by atomic mass is 127. The van der Waals surface area contributed by atoms with Gasteiger partial charge in [0.05, 0.1) is 35.1 Å². The molecule has 1 aliphatic heterocycles. The third-order valence-corrected chi connectivity index (χ3v) is 6.74. The average Bonchev–Trinajstić information content (AvgIpc) is 2.91. The van der Waals surface area contributed by atoms with Crippen LogP contribution in [-0.4, -0.2) is 56.5 Å². The van der Waals surface area contributed by atoms with Crippen molar-refractivity contribution in [3.63, 3.8) is 0 Å². The number of hydrazone groups is 1. The molecule has 1 heterocycles. The van der Waals surface area contributed by atoms with E-state index in [4.69, 9.17) is 18.9 Å². The van der Waals surface area contributed by atoms with Crippen LogP contribution >= 0.6 is 38.5 Å². The summed E-state index contributed by atoms with van der Waals surface area (Å²) in [6.07, 6.45) is 2.05. The molecule has 11 nitrogen and oxygen atoms in total. The van der Waals surface area contributed by atoms with Gasteiger partial charge in [0.25, 0.3) is 0 Å². The van der Waals surface area contributed by atoms with Crippen molar-refractivity contribution in [3.05, 3.63) is 73.4 Å². The van der Waals surface area contributed by atoms with Crippen molar-refractivity contribution in [1.29, 1.82) is 0 Å². The minimum absolute atomic E-state index is 0.150. The molecule has 40 heavy (non-hydrogen) atoms. The Hall–Kier alpha value is -3.30. The number of ether oxygens (including phenoxy) is 4. The van der Waals surface area contributed by atoms with Crippen molar-refractivity contribution in [2.24, 2.45) is 5.10 Å². The lowest BCUT2D eigenvalue weighted by Gasteiger charge is -2.28. The number of carbonyl (C=O) groups is 2. The SMILES string of the molecule is C=CCOc1c(I)cc(Br)cc1/C=N/N[C@@H](O)COc1ccc([C@H]2NC(=O)NC(C)=C2C(=O)OC)cc1OCC. The van der Waals surface area contributed by atoms with Crippen molar-refractivity contribution in [2.75, 3.05) is 26.9 Å². The predicted octanol–water partition coefficient (Wildman–Crippen LogP) is 4.14. The van der Waals surface area contributed by atoms with Crippen molar-refractivity contribution >= 4 is 56.7 Å². The summed E-state index contributed by atoms with van der Waals surface area (Å²) in [6, 6.07) is 7.57. The van der Waals surface area contributed by atoms with Crippen molar-refractivity contribution in [3.8, 4) is 17.2 Å². The zero-order chi connectivity index (χ0) is 29.2. The number of aliphatic hydroxyl groups is 1. The summed E-state index contributed by atoms with van der Waals surface area (Å²) in [5.74, 6) is 0.808. The molecule has 1 aliphatic rings. The number of methoxy groups -OCH3 is 1. The van der Waals surface area contributed by atoms with E-state index in [1.807, 2.05) is 19.1 Å². The molecule has 2 amide bonds. The van der Waals surface area contributed by atoms with Gasteiger partial charge in [0.2, 0.25) is 0 Å². The predicted molar refractivity (Wildman–Crippen MR) is 162 cm³/mol. The average molecular weight is 729 g/mol. The number of benzene rings is 2. The van der Waals surface area contributed by atoms with Crippen LogP contribution in [0.1, 0.15) is 31.0 Å². The normalized spacial score (nSPS) is 15.7. The summed E-state index contributed by atoms with van der Waals surface area (Å²) in [6.45, 7) is 7.64. The Balaban J connectivity index is 1.72. The van der Waals surface area contributed by atoms with Gasteiger partial charge in [-0.15, -0.1) is 0 Å². The second-order valence-corrected chi connectivity index (χ2v) is 10.4. The highest BCUT2D eigenvalue weighted by Crippen LogP contribution is 2.35. The number of aliphatic hydroxyl groups excluding tert-OH is 1. The Morgan fingerprint density at radius 2 is 2.05 bits per heavy atom. The van der Waals surface area contributed by atoms with Crippen molar-refractivity contribution in [2.45, 2.75) is 26.1 Å². The Morgan fingerprint density at radius 1 is 1.27 bits per heavy atom. The molecule has 0 unspecified atom stereocenters. The number of hydrogen-bond acceptors (Lipinski definition) is 9. The summed E-state index contributed by atoms with van der Waals surface area (Å²) in [5.41, 5.74) is 4.59. The van der Waals surface area contributed by atoms with E-state index < -0.39 is 24.3 Å². The number of rotatable bonds is 13. The minimum atomic E-state index is -1.14. The van der Waals surface area contributed by atoms with E-state index in [0.29, 0.717) is 47.3 Å². The lowest BCUT2D eigenvalue weighted by atomic mass is 9.95. The summed E-state index contributed by atoms with van der Waals surface area (Å²) in [7, 11) is 1.27. The monoisotopic (exact) mass is 728 g/mol. The second kappa shape index (κ2) is 14.9. The summed E-state index contributed by atoms with van der Waals surface area (Å²) < 4.78 is 23.9. The molecule has 2 aromatic rings. The zero-order valence-electron chi connectivity index (χ0n) is 22.1. The molecule has 2 atom stereocenters. The fourth-order valence-corrected chi connectivity index (χ4v) is 5.49. The van der Waals surface area contributed by atoms with Crippen LogP contribution in [0.4, 0.5) is 4.79 Å². The third-order valence-electron chi connectivity index (χ3n) is 5.48. The van der Waals surface area contributed by atoms with Crippen LogP contribution in [0.15, 0.2) is 63.8 Å². The van der Waals surface area contributed by atoms with Crippen LogP contribution in [-0.2, 0) is 9.53 Å². The number of carbonyl (C=O) groups excluding carboxylic acids is 2. The first kappa shape index (κ1) is 31.2. The standard InChI is InChI=1S/C27H30BrIN4O7/c1-5-9-39-25-17(10-18(28)12-19(25)29)13-30-33-22(34)14-40-20-8-7-16(11-21(20)38-6-2)24-23(26(35)37-4)15(3)31-27(36)32-24/h5,7-8,10-13,22,24,33-34H,1,6,9,14H2,2-4H3,(H2,31,32,36)/b30-13+/t22-,24+/m0/s1. The van der Waals surface area contributed by atoms with Gasteiger partial charge in [-0.2, -0.15) is 5.10 Å². The number of urea groups is 1. The van der Waals surface area contributed by atoms with Crippen LogP contribution in [0.5, 0.6) is 17.2 Å². The third kappa shape index (κ3) is 8.11. The topological polar surface area (TPSA) is 140 Å². The Bertz CT molecular complexity index is 1320. The smallest absolute Gasteiger partial charge is 0.337 e. The fourth-order valence-electron chi connectivity index (χ4n) is 3.79. The van der Waals surface area contributed by atoms with Gasteiger partial charge < -0.3 is 34.7 Å². The number of nitrogens with zero attached hydrogens (tertiary/aromatic N) is 1. The molecule has 0 aromatic heterocycles. The highest BCUT2D eigenvalue weighted by molar-refractivity contribution is 14.1. The summed E-state index contributed by atoms with van der Waals surface area (Å²) in [4.78, 5) is 24.5. The molecule has 0 saturated carbocycles. The van der Waals surface area contributed by atoms with Gasteiger partial charge in [0.15, 0.2) is 17.7 Å². The molecule has 0 aliphatic carbocycles. The molecule has 4 N–H and O–H groups in total. The maximum atomic E-state index is 12.4. The van der Waals surface area contributed by atoms with Crippen LogP contribution in [0.25, 0.3) is 0 Å². The van der Waals surface area contributed by atoms with Gasteiger partial charge in [-0.1, -0.05) is 34.7 Å². The molecule has 214 valence electrons. The van der Waals surface area contributed by atoms with Gasteiger partial charge in [-0.05, 0) is 66.3 Å². The van der Waals surface area contributed by atoms with Crippen LogP contribution in [0.3, 0.4) is 0 Å². The fraction of sp³-hybridized carbons (Fsp3) is 0.296. The van der Waals surface area contributed by atoms with Crippen LogP contribution in [0.2, 0.25) is 0 Å². The lowest BCUT2D eigenvalue weighted by molar-refractivity contribution is -0.136. The quantitative estimate of drug-likeness (QED) is 0.0603. The van der Waals surface area contributed by atoms with Crippen molar-refractivity contribution in [1.82, 2.24) is 16.1 Å². The molecule has 0 spiro atoms. The Kier molecular flexibility index (Phi) is 11.6. The number of amides is 2. The molecular weight excluding hydrogens is 699 g/mol. The number of halogens is 2. The highest BCUT2D eigenvalue weighted by Gasteiger charge is 2.32. The molecule has 0 bridgehead atoms. The van der Waals surface area contributed by atoms with E-state index in [9.17, 15) is 14.7 Å². The van der Waals surface area contributed by atoms with Gasteiger partial charge in [-0.3, -0.25) is 5.43 Å². The van der Waals surface area contributed by atoms with E-state index in [1.54, 1.807) is 31.2 Å². The Morgan fingerprint density at radius 3 is 2.75 bits per heavy atom. The second-order valence-electron chi connectivity index (χ2n) is 8.32. The number of allylic oxidation sites excluding steroid dienone is 1. The minimum Gasteiger partial charge on any atom is -0.490 e. The first-order valence-electron chi connectivity index (χ1n) is 12.1. The number of nitrogens with one attached hydrogen (secondary N) is 3. The molecule has 2 aromatic carbocycles. The van der Waals surface area contributed by atoms with E-state index in [-0.39, 0.29) is 12.2 Å². The molecule has 0 radical (unpaired) electrons. The maximum Gasteiger partial charge on any atom is 0.337 e. The van der Waals surface area contributed by atoms with Crippen LogP contribution < -0.4 is 30.3 Å². The number of esters is 1. The van der Waals surface area contributed by atoms with Gasteiger partial charge in [0, 0.05) is 15.7 Å². The van der Waals surface area contributed by atoms with E-state index >= 15 is 0 Å². The van der Waals surface area contributed by atoms with Crippen molar-refractivity contribution < 1.29 is 33.6 Å². The van der Waals surface area contributed by atoms with E-state index in [1.165, 1.54) is 13.3 Å². The lowest BCUT2D eigenvalue weighted by Crippen LogP contribution is -2.45. The summed E-state index contributed by atoms with van der Waals surface area (Å²) >= 11 is 5.63. The maximum absolute atomic E-state index is 12.4. The first-order chi connectivity index (χ1) is 19.2. The van der Waals surface area contributed by atoms with Gasteiger partial charge in [0.1, 0.15) is 19.0 Å².